The van der Waals surface area contributed by atoms with Gasteiger partial charge in [0.1, 0.15) is 5.41 Å². The van der Waals surface area contributed by atoms with Crippen LogP contribution in [0.15, 0.2) is 0 Å². The Labute approximate surface area is 127 Å². The molecule has 1 heterocycles. The van der Waals surface area contributed by atoms with Crippen molar-refractivity contribution in [2.45, 2.75) is 44.7 Å². The topological polar surface area (TPSA) is 49.4 Å². The summed E-state index contributed by atoms with van der Waals surface area (Å²) in [5.74, 6) is -0.262. The summed E-state index contributed by atoms with van der Waals surface area (Å²) in [5.41, 5.74) is -2.24. The minimum absolute atomic E-state index is 0.176. The molecule has 22 heavy (non-hydrogen) atoms. The van der Waals surface area contributed by atoms with Crippen molar-refractivity contribution < 1.29 is 22.8 Å². The number of amides is 2. The Morgan fingerprint density at radius 3 is 2.09 bits per heavy atom. The Bertz CT molecular complexity index is 460. The van der Waals surface area contributed by atoms with E-state index in [0.29, 0.717) is 24.9 Å². The summed E-state index contributed by atoms with van der Waals surface area (Å²) in [5, 5.41) is 2.20. The summed E-state index contributed by atoms with van der Waals surface area (Å²) >= 11 is 0. The lowest BCUT2D eigenvalue weighted by molar-refractivity contribution is -0.192. The maximum absolute atomic E-state index is 12.8. The molecule has 0 bridgehead atoms. The molecule has 7 heteroatoms. The van der Waals surface area contributed by atoms with Gasteiger partial charge < -0.3 is 10.2 Å². The molecule has 2 amide bonds. The van der Waals surface area contributed by atoms with Crippen LogP contribution >= 0.6 is 0 Å². The van der Waals surface area contributed by atoms with Gasteiger partial charge >= 0.3 is 6.18 Å². The Balaban J connectivity index is 1.50. The third-order valence-corrected chi connectivity index (χ3v) is 5.46. The number of carbonyl (C=O) groups is 2. The van der Waals surface area contributed by atoms with E-state index >= 15 is 0 Å². The quantitative estimate of drug-likeness (QED) is 0.866. The Hall–Kier alpha value is -1.27. The molecule has 4 nitrogen and oxygen atoms in total. The monoisotopic (exact) mass is 318 g/mol. The molecule has 1 saturated heterocycles. The minimum atomic E-state index is -4.53. The zero-order valence-corrected chi connectivity index (χ0v) is 12.4. The number of hydrogen-bond acceptors (Lipinski definition) is 2. The number of halogens is 3. The Kier molecular flexibility index (Phi) is 3.85. The van der Waals surface area contributed by atoms with Gasteiger partial charge in [-0.05, 0) is 37.5 Å². The van der Waals surface area contributed by atoms with Gasteiger partial charge in [0, 0.05) is 13.1 Å². The lowest BCUT2D eigenvalue weighted by Gasteiger charge is -2.22. The summed E-state index contributed by atoms with van der Waals surface area (Å²) in [4.78, 5) is 25.6. The number of fused-ring (bicyclic) bond motifs is 1. The molecule has 124 valence electrons. The van der Waals surface area contributed by atoms with Crippen molar-refractivity contribution >= 4 is 11.8 Å². The highest BCUT2D eigenvalue weighted by atomic mass is 19.4. The SMILES string of the molecule is O=C(CNC(=O)C1(C(F)(F)F)CC1)N1CC2CCCCC2C1. The third-order valence-electron chi connectivity index (χ3n) is 5.46. The summed E-state index contributed by atoms with van der Waals surface area (Å²) in [6.07, 6.45) is -0.254. The van der Waals surface area contributed by atoms with Gasteiger partial charge in [-0.3, -0.25) is 9.59 Å². The van der Waals surface area contributed by atoms with Gasteiger partial charge in [-0.2, -0.15) is 13.2 Å². The van der Waals surface area contributed by atoms with E-state index in [4.69, 9.17) is 0 Å². The van der Waals surface area contributed by atoms with Crippen LogP contribution in [0, 0.1) is 17.3 Å². The minimum Gasteiger partial charge on any atom is -0.346 e. The molecule has 0 radical (unpaired) electrons. The Morgan fingerprint density at radius 1 is 1.09 bits per heavy atom. The van der Waals surface area contributed by atoms with E-state index < -0.39 is 17.5 Å². The smallest absolute Gasteiger partial charge is 0.346 e. The van der Waals surface area contributed by atoms with Crippen LogP contribution in [0.1, 0.15) is 38.5 Å². The summed E-state index contributed by atoms with van der Waals surface area (Å²) in [6.45, 7) is 1.05. The first-order valence-electron chi connectivity index (χ1n) is 7.96. The normalized spacial score (nSPS) is 29.9. The van der Waals surface area contributed by atoms with Crippen LogP contribution < -0.4 is 5.32 Å². The molecule has 2 aliphatic carbocycles. The van der Waals surface area contributed by atoms with E-state index in [2.05, 4.69) is 5.32 Å². The van der Waals surface area contributed by atoms with Gasteiger partial charge in [0.25, 0.3) is 0 Å². The second-order valence-electron chi connectivity index (χ2n) is 6.87. The van der Waals surface area contributed by atoms with Crippen LogP contribution in [0.2, 0.25) is 0 Å². The molecule has 0 spiro atoms. The first-order chi connectivity index (χ1) is 10.3. The summed E-state index contributed by atoms with van der Waals surface area (Å²) in [6, 6.07) is 0. The van der Waals surface area contributed by atoms with Crippen molar-refractivity contribution in [2.24, 2.45) is 17.3 Å². The highest BCUT2D eigenvalue weighted by Gasteiger charge is 2.68. The lowest BCUT2D eigenvalue weighted by atomic mass is 9.82. The average molecular weight is 318 g/mol. The molecule has 2 atom stereocenters. The molecule has 0 aromatic heterocycles. The van der Waals surface area contributed by atoms with Crippen LogP contribution in [-0.2, 0) is 9.59 Å². The zero-order chi connectivity index (χ0) is 16.0. The van der Waals surface area contributed by atoms with E-state index in [1.165, 1.54) is 12.8 Å². The number of rotatable bonds is 3. The number of carbonyl (C=O) groups excluding carboxylic acids is 2. The van der Waals surface area contributed by atoms with Gasteiger partial charge in [0.05, 0.1) is 6.54 Å². The van der Waals surface area contributed by atoms with E-state index in [9.17, 15) is 22.8 Å². The van der Waals surface area contributed by atoms with E-state index in [-0.39, 0.29) is 25.3 Å². The molecular formula is C15H21F3N2O2. The molecular weight excluding hydrogens is 297 g/mol. The van der Waals surface area contributed by atoms with E-state index in [0.717, 1.165) is 12.8 Å². The van der Waals surface area contributed by atoms with E-state index in [1.807, 2.05) is 0 Å². The number of nitrogens with zero attached hydrogens (tertiary/aromatic N) is 1. The summed E-state index contributed by atoms with van der Waals surface area (Å²) < 4.78 is 38.4. The fraction of sp³-hybridized carbons (Fsp3) is 0.867. The second kappa shape index (κ2) is 5.42. The maximum atomic E-state index is 12.8. The molecule has 0 aromatic carbocycles. The highest BCUT2D eigenvalue weighted by Crippen LogP contribution is 2.57. The number of nitrogens with one attached hydrogen (secondary N) is 1. The van der Waals surface area contributed by atoms with Gasteiger partial charge in [0.15, 0.2) is 0 Å². The van der Waals surface area contributed by atoms with Crippen molar-refractivity contribution in [3.8, 4) is 0 Å². The predicted molar refractivity (Wildman–Crippen MR) is 72.8 cm³/mol. The molecule has 3 fully saturated rings. The molecule has 0 aromatic rings. The standard InChI is InChI=1S/C15H21F3N2O2/c16-15(17,18)14(5-6-14)13(22)19-7-12(21)20-8-10-3-1-2-4-11(10)9-20/h10-11H,1-9H2,(H,19,22). The van der Waals surface area contributed by atoms with Crippen LogP contribution in [0.3, 0.4) is 0 Å². The van der Waals surface area contributed by atoms with Crippen molar-refractivity contribution in [3.05, 3.63) is 0 Å². The number of likely N-dealkylation sites (tertiary alicyclic amines) is 1. The molecule has 2 saturated carbocycles. The fourth-order valence-electron chi connectivity index (χ4n) is 3.81. The highest BCUT2D eigenvalue weighted by molar-refractivity contribution is 5.90. The number of hydrogen-bond donors (Lipinski definition) is 1. The van der Waals surface area contributed by atoms with Crippen LogP contribution in [0.5, 0.6) is 0 Å². The molecule has 3 aliphatic rings. The predicted octanol–water partition coefficient (Wildman–Crippen LogP) is 2.09. The maximum Gasteiger partial charge on any atom is 0.403 e. The average Bonchev–Trinajstić information content (AvgIpc) is 3.18. The fourth-order valence-corrected chi connectivity index (χ4v) is 3.81. The molecule has 1 aliphatic heterocycles. The van der Waals surface area contributed by atoms with Crippen molar-refractivity contribution in [1.29, 1.82) is 0 Å². The first kappa shape index (κ1) is 15.6. The zero-order valence-electron chi connectivity index (χ0n) is 12.4. The van der Waals surface area contributed by atoms with Crippen LogP contribution in [0.4, 0.5) is 13.2 Å². The molecule has 1 N–H and O–H groups in total. The van der Waals surface area contributed by atoms with Crippen molar-refractivity contribution in [1.82, 2.24) is 10.2 Å². The largest absolute Gasteiger partial charge is 0.403 e. The lowest BCUT2D eigenvalue weighted by Crippen LogP contribution is -2.45. The number of alkyl halides is 3. The van der Waals surface area contributed by atoms with Gasteiger partial charge in [-0.1, -0.05) is 12.8 Å². The Morgan fingerprint density at radius 2 is 1.64 bits per heavy atom. The summed E-state index contributed by atoms with van der Waals surface area (Å²) in [7, 11) is 0. The van der Waals surface area contributed by atoms with Gasteiger partial charge in [0.2, 0.25) is 11.8 Å². The van der Waals surface area contributed by atoms with Crippen molar-refractivity contribution in [2.75, 3.05) is 19.6 Å². The third kappa shape index (κ3) is 2.70. The van der Waals surface area contributed by atoms with Gasteiger partial charge in [-0.25, -0.2) is 0 Å². The second-order valence-corrected chi connectivity index (χ2v) is 6.87. The first-order valence-corrected chi connectivity index (χ1v) is 7.96. The van der Waals surface area contributed by atoms with Crippen molar-refractivity contribution in [3.63, 3.8) is 0 Å². The molecule has 2 unspecified atom stereocenters. The molecule has 3 rings (SSSR count). The van der Waals surface area contributed by atoms with Crippen LogP contribution in [-0.4, -0.2) is 42.5 Å². The van der Waals surface area contributed by atoms with Gasteiger partial charge in [-0.15, -0.1) is 0 Å². The van der Waals surface area contributed by atoms with Crippen LogP contribution in [0.25, 0.3) is 0 Å². The van der Waals surface area contributed by atoms with E-state index in [1.54, 1.807) is 4.90 Å².